The molecule has 0 N–H and O–H groups in total. The van der Waals surface area contributed by atoms with Crippen molar-refractivity contribution in [1.82, 2.24) is 0 Å². The van der Waals surface area contributed by atoms with E-state index in [0.717, 1.165) is 44.9 Å². The molecule has 0 saturated carbocycles. The van der Waals surface area contributed by atoms with Crippen molar-refractivity contribution in [1.29, 1.82) is 0 Å². The van der Waals surface area contributed by atoms with E-state index in [1.165, 1.54) is 66.8 Å². The van der Waals surface area contributed by atoms with Gasteiger partial charge in [-0.15, -0.1) is 0 Å². The van der Waals surface area contributed by atoms with Gasteiger partial charge in [-0.05, 0) is 127 Å². The summed E-state index contributed by atoms with van der Waals surface area (Å²) in [6.45, 7) is 0. The van der Waals surface area contributed by atoms with E-state index in [2.05, 4.69) is 301 Å². The molecule has 13 aromatic rings. The van der Waals surface area contributed by atoms with Crippen LogP contribution >= 0.6 is 0 Å². The van der Waals surface area contributed by atoms with E-state index in [1.54, 1.807) is 0 Å². The Hall–Kier alpha value is -10.7. The fourth-order valence-corrected chi connectivity index (χ4v) is 13.9. The Kier molecular flexibility index (Phi) is 11.0. The predicted molar refractivity (Wildman–Crippen MR) is 335 cm³/mol. The average molecular weight is 1050 g/mol. The Morgan fingerprint density at radius 3 is 0.890 bits per heavy atom. The van der Waals surface area contributed by atoms with Crippen molar-refractivity contribution in [2.75, 3.05) is 9.80 Å². The van der Waals surface area contributed by atoms with Crippen molar-refractivity contribution < 1.29 is 9.47 Å². The molecule has 0 radical (unpaired) electrons. The van der Waals surface area contributed by atoms with Crippen LogP contribution in [0.15, 0.2) is 315 Å². The number of benzene rings is 13. The lowest BCUT2D eigenvalue weighted by Gasteiger charge is -2.37. The van der Waals surface area contributed by atoms with E-state index < -0.39 is 10.8 Å². The minimum Gasteiger partial charge on any atom is -0.447 e. The van der Waals surface area contributed by atoms with Gasteiger partial charge in [-0.1, -0.05) is 255 Å². The van der Waals surface area contributed by atoms with E-state index in [1.807, 2.05) is 24.3 Å². The van der Waals surface area contributed by atoms with Crippen LogP contribution in [0.2, 0.25) is 0 Å². The van der Waals surface area contributed by atoms with E-state index in [4.69, 9.17) is 9.47 Å². The molecule has 0 bridgehead atoms. The third-order valence-electron chi connectivity index (χ3n) is 17.2. The molecular weight excluding hydrogens is 997 g/mol. The molecule has 16 rings (SSSR count). The van der Waals surface area contributed by atoms with Crippen molar-refractivity contribution >= 4 is 44.9 Å². The van der Waals surface area contributed by atoms with Gasteiger partial charge in [0, 0.05) is 33.5 Å². The summed E-state index contributed by atoms with van der Waals surface area (Å²) < 4.78 is 15.0. The molecule has 2 aliphatic carbocycles. The number of nitrogens with zero attached hydrogens (tertiary/aromatic N) is 2. The highest BCUT2D eigenvalue weighted by atomic mass is 16.6. The summed E-state index contributed by atoms with van der Waals surface area (Å²) in [5.74, 6) is 2.49. The SMILES string of the molecule is c1ccc(N(c2ccc3c(c2)C(c2ccccc2)(c2ccccc2)c2ccccc2-3)c2c3c(c(N(c4ccccc4)c4ccc5c(c4)C(c4ccccc4)(c4ccccc4)c4ccccc4-5)c4ccccc24)Oc2ccccc2O3)cc1. The lowest BCUT2D eigenvalue weighted by atomic mass is 9.67. The van der Waals surface area contributed by atoms with Gasteiger partial charge in [0.1, 0.15) is 11.4 Å². The second-order valence-electron chi connectivity index (χ2n) is 21.4. The number of fused-ring (bicyclic) bond motifs is 9. The number of rotatable bonds is 10. The topological polar surface area (TPSA) is 24.9 Å². The highest BCUT2D eigenvalue weighted by Crippen LogP contribution is 2.64. The molecule has 0 amide bonds. The Labute approximate surface area is 477 Å². The molecule has 0 unspecified atom stereocenters. The maximum atomic E-state index is 7.50. The quantitative estimate of drug-likeness (QED) is 0.127. The first-order valence-electron chi connectivity index (χ1n) is 28.2. The van der Waals surface area contributed by atoms with Gasteiger partial charge < -0.3 is 19.3 Å². The zero-order valence-corrected chi connectivity index (χ0v) is 44.7. The number of hydrogen-bond donors (Lipinski definition) is 0. The molecule has 0 atom stereocenters. The zero-order valence-electron chi connectivity index (χ0n) is 44.7. The molecule has 0 fully saturated rings. The molecular formula is C78H52N2O2. The van der Waals surface area contributed by atoms with Gasteiger partial charge in [-0.25, -0.2) is 0 Å². The predicted octanol–water partition coefficient (Wildman–Crippen LogP) is 20.4. The van der Waals surface area contributed by atoms with E-state index in [-0.39, 0.29) is 0 Å². The van der Waals surface area contributed by atoms with Crippen LogP contribution in [0.25, 0.3) is 33.0 Å². The van der Waals surface area contributed by atoms with Crippen LogP contribution in [0.3, 0.4) is 0 Å². The zero-order chi connectivity index (χ0) is 54.2. The third kappa shape index (κ3) is 6.98. The van der Waals surface area contributed by atoms with Crippen LogP contribution in [0.1, 0.15) is 44.5 Å². The molecule has 1 heterocycles. The van der Waals surface area contributed by atoms with E-state index in [9.17, 15) is 0 Å². The smallest absolute Gasteiger partial charge is 0.196 e. The summed E-state index contributed by atoms with van der Waals surface area (Å²) in [4.78, 5) is 4.78. The molecule has 386 valence electrons. The Morgan fingerprint density at radius 1 is 0.232 bits per heavy atom. The number of ether oxygens (including phenoxy) is 2. The number of anilines is 6. The summed E-state index contributed by atoms with van der Waals surface area (Å²) in [5.41, 5.74) is 19.0. The fourth-order valence-electron chi connectivity index (χ4n) is 13.9. The van der Waals surface area contributed by atoms with Crippen LogP contribution in [0.4, 0.5) is 34.1 Å². The normalized spacial score (nSPS) is 13.5. The Balaban J connectivity index is 0.983. The van der Waals surface area contributed by atoms with Crippen LogP contribution < -0.4 is 19.3 Å². The summed E-state index contributed by atoms with van der Waals surface area (Å²) in [6, 6.07) is 114. The molecule has 1 aliphatic heterocycles. The molecule has 0 aromatic heterocycles. The largest absolute Gasteiger partial charge is 0.447 e. The number of hydrogen-bond acceptors (Lipinski definition) is 4. The monoisotopic (exact) mass is 1050 g/mol. The molecule has 0 saturated heterocycles. The van der Waals surface area contributed by atoms with Crippen molar-refractivity contribution in [3.63, 3.8) is 0 Å². The van der Waals surface area contributed by atoms with Crippen LogP contribution in [0, 0.1) is 0 Å². The van der Waals surface area contributed by atoms with Gasteiger partial charge in [-0.2, -0.15) is 0 Å². The standard InChI is InChI=1S/C78H52N2O2/c1-7-27-53(28-8-1)77(54-29-9-2-10-30-54)67-43-23-21-39-61(67)63-49-47-59(51-69(63)77)79(57-35-15-5-16-36-57)73-65-41-19-20-42-66(65)74(76-75(73)81-71-45-25-26-46-72(71)82-76)80(58-37-17-6-18-38-58)60-48-50-64-62-40-22-24-44-68(62)78(70(64)52-60,55-31-11-3-12-32-55)56-33-13-4-14-34-56/h1-52H. The fraction of sp³-hybridized carbons (Fsp3) is 0.0256. The van der Waals surface area contributed by atoms with Crippen LogP contribution in [-0.4, -0.2) is 0 Å². The van der Waals surface area contributed by atoms with Gasteiger partial charge in [0.15, 0.2) is 23.0 Å². The minimum atomic E-state index is -0.622. The lowest BCUT2D eigenvalue weighted by Crippen LogP contribution is -2.28. The first-order chi connectivity index (χ1) is 40.7. The maximum Gasteiger partial charge on any atom is 0.196 e. The van der Waals surface area contributed by atoms with E-state index >= 15 is 0 Å². The summed E-state index contributed by atoms with van der Waals surface area (Å²) >= 11 is 0. The summed E-state index contributed by atoms with van der Waals surface area (Å²) in [7, 11) is 0. The second-order valence-corrected chi connectivity index (χ2v) is 21.4. The van der Waals surface area contributed by atoms with Crippen molar-refractivity contribution in [2.45, 2.75) is 10.8 Å². The van der Waals surface area contributed by atoms with Crippen molar-refractivity contribution in [3.05, 3.63) is 360 Å². The second kappa shape index (κ2) is 19.0. The lowest BCUT2D eigenvalue weighted by molar-refractivity contribution is 0.362. The molecule has 0 spiro atoms. The van der Waals surface area contributed by atoms with Gasteiger partial charge >= 0.3 is 0 Å². The van der Waals surface area contributed by atoms with Crippen molar-refractivity contribution in [2.24, 2.45) is 0 Å². The van der Waals surface area contributed by atoms with Gasteiger partial charge in [0.2, 0.25) is 0 Å². The van der Waals surface area contributed by atoms with Crippen molar-refractivity contribution in [3.8, 4) is 45.3 Å². The van der Waals surface area contributed by atoms with Gasteiger partial charge in [0.05, 0.1) is 10.8 Å². The average Bonchev–Trinajstić information content (AvgIpc) is 2.97. The van der Waals surface area contributed by atoms with Crippen LogP contribution in [-0.2, 0) is 10.8 Å². The van der Waals surface area contributed by atoms with Gasteiger partial charge in [-0.3, -0.25) is 0 Å². The first-order valence-corrected chi connectivity index (χ1v) is 28.2. The highest BCUT2D eigenvalue weighted by Gasteiger charge is 2.48. The Morgan fingerprint density at radius 2 is 0.524 bits per heavy atom. The molecule has 4 heteroatoms. The maximum absolute atomic E-state index is 7.50. The third-order valence-corrected chi connectivity index (χ3v) is 17.2. The van der Waals surface area contributed by atoms with Gasteiger partial charge in [0.25, 0.3) is 0 Å². The summed E-state index contributed by atoms with van der Waals surface area (Å²) in [6.07, 6.45) is 0. The molecule has 4 nitrogen and oxygen atoms in total. The minimum absolute atomic E-state index is 0.606. The summed E-state index contributed by atoms with van der Waals surface area (Å²) in [5, 5.41) is 1.98. The van der Waals surface area contributed by atoms with Crippen LogP contribution in [0.5, 0.6) is 23.0 Å². The highest BCUT2D eigenvalue weighted by molar-refractivity contribution is 6.14. The molecule has 13 aromatic carbocycles. The molecule has 3 aliphatic rings. The first kappa shape index (κ1) is 47.3. The Bertz CT molecular complexity index is 4200. The number of para-hydroxylation sites is 4. The molecule has 82 heavy (non-hydrogen) atoms. The van der Waals surface area contributed by atoms with E-state index in [0.29, 0.717) is 23.0 Å².